The first-order valence-corrected chi connectivity index (χ1v) is 14.9. The van der Waals surface area contributed by atoms with Gasteiger partial charge in [0.25, 0.3) is 5.91 Å². The molecule has 1 aromatic heterocycles. The fraction of sp³-hybridized carbons (Fsp3) is 0.371. The standard InChI is InChI=1S/C35H40N4O2/c1-6-17-38-24(3)21-37(22-25(38)4)33-20-32-26(19-34(33)41-5)16-18-39(32)35(40)30-15-14-29(27-11-7-8-12-28(27)30)31-13-9-10-23(2)36-31/h7-15,19-20,24-25H,6,16-18,21-22H2,1-5H3/t24-,25+. The second-order valence-electron chi connectivity index (χ2n) is 11.6. The first-order valence-electron chi connectivity index (χ1n) is 14.9. The van der Waals surface area contributed by atoms with Gasteiger partial charge < -0.3 is 14.5 Å². The summed E-state index contributed by atoms with van der Waals surface area (Å²) in [5.41, 5.74) is 6.89. The van der Waals surface area contributed by atoms with E-state index in [1.807, 2.05) is 54.3 Å². The number of nitrogens with zero attached hydrogens (tertiary/aromatic N) is 4. The maximum absolute atomic E-state index is 14.2. The molecule has 0 unspecified atom stereocenters. The summed E-state index contributed by atoms with van der Waals surface area (Å²) in [5.74, 6) is 0.927. The SMILES string of the molecule is CCCN1[C@H](C)CN(c2cc3c(cc2OC)CCN3C(=O)c2ccc(-c3cccc(C)n3)c3ccccc23)C[C@@H]1C. The van der Waals surface area contributed by atoms with E-state index in [-0.39, 0.29) is 5.91 Å². The molecular formula is C35H40N4O2. The van der Waals surface area contributed by atoms with E-state index in [4.69, 9.17) is 9.72 Å². The lowest BCUT2D eigenvalue weighted by atomic mass is 9.96. The molecule has 6 nitrogen and oxygen atoms in total. The van der Waals surface area contributed by atoms with Crippen LogP contribution in [-0.2, 0) is 6.42 Å². The van der Waals surface area contributed by atoms with Crippen LogP contribution in [0.15, 0.2) is 66.7 Å². The Morgan fingerprint density at radius 3 is 2.41 bits per heavy atom. The number of methoxy groups -OCH3 is 1. The van der Waals surface area contributed by atoms with Crippen LogP contribution in [0.25, 0.3) is 22.0 Å². The van der Waals surface area contributed by atoms with Gasteiger partial charge in [-0.3, -0.25) is 14.7 Å². The Morgan fingerprint density at radius 2 is 1.71 bits per heavy atom. The normalized spacial score (nSPS) is 19.0. The van der Waals surface area contributed by atoms with Crippen molar-refractivity contribution in [1.29, 1.82) is 0 Å². The molecule has 1 amide bonds. The van der Waals surface area contributed by atoms with Gasteiger partial charge in [-0.1, -0.05) is 43.3 Å². The van der Waals surface area contributed by atoms with E-state index < -0.39 is 0 Å². The van der Waals surface area contributed by atoms with E-state index >= 15 is 0 Å². The van der Waals surface area contributed by atoms with Gasteiger partial charge in [0.05, 0.1) is 18.5 Å². The number of fused-ring (bicyclic) bond motifs is 2. The molecule has 41 heavy (non-hydrogen) atoms. The predicted octanol–water partition coefficient (Wildman–Crippen LogP) is 6.73. The quantitative estimate of drug-likeness (QED) is 0.267. The molecule has 0 saturated carbocycles. The van der Waals surface area contributed by atoms with Crippen LogP contribution in [0.2, 0.25) is 0 Å². The molecule has 0 N–H and O–H groups in total. The van der Waals surface area contributed by atoms with E-state index in [0.29, 0.717) is 18.6 Å². The Morgan fingerprint density at radius 1 is 0.951 bits per heavy atom. The van der Waals surface area contributed by atoms with Crippen molar-refractivity contribution >= 4 is 28.1 Å². The molecule has 3 heterocycles. The van der Waals surface area contributed by atoms with Crippen molar-refractivity contribution in [2.24, 2.45) is 0 Å². The number of piperazine rings is 1. The van der Waals surface area contributed by atoms with Crippen LogP contribution in [0.1, 0.15) is 48.8 Å². The lowest BCUT2D eigenvalue weighted by Crippen LogP contribution is -2.57. The van der Waals surface area contributed by atoms with Crippen molar-refractivity contribution in [2.45, 2.75) is 52.6 Å². The molecule has 2 atom stereocenters. The van der Waals surface area contributed by atoms with Crippen LogP contribution in [0.4, 0.5) is 11.4 Å². The van der Waals surface area contributed by atoms with Crippen molar-refractivity contribution in [2.75, 3.05) is 43.1 Å². The maximum atomic E-state index is 14.2. The van der Waals surface area contributed by atoms with E-state index in [2.05, 4.69) is 54.8 Å². The number of carbonyl (C=O) groups is 1. The van der Waals surface area contributed by atoms with Gasteiger partial charge in [0.15, 0.2) is 0 Å². The molecule has 0 radical (unpaired) electrons. The fourth-order valence-corrected chi connectivity index (χ4v) is 6.82. The third-order valence-corrected chi connectivity index (χ3v) is 8.76. The van der Waals surface area contributed by atoms with Crippen LogP contribution >= 0.6 is 0 Å². The van der Waals surface area contributed by atoms with E-state index in [1.165, 1.54) is 0 Å². The molecule has 6 heteroatoms. The molecule has 3 aromatic carbocycles. The largest absolute Gasteiger partial charge is 0.495 e. The third-order valence-electron chi connectivity index (χ3n) is 8.76. The highest BCUT2D eigenvalue weighted by Crippen LogP contribution is 2.41. The summed E-state index contributed by atoms with van der Waals surface area (Å²) in [7, 11) is 1.75. The lowest BCUT2D eigenvalue weighted by molar-refractivity contribution is 0.0991. The third kappa shape index (κ3) is 4.95. The minimum absolute atomic E-state index is 0.0364. The van der Waals surface area contributed by atoms with E-state index in [1.54, 1.807) is 7.11 Å². The Hall–Kier alpha value is -3.90. The zero-order valence-electron chi connectivity index (χ0n) is 24.9. The molecule has 0 bridgehead atoms. The van der Waals surface area contributed by atoms with Gasteiger partial charge in [-0.15, -0.1) is 0 Å². The number of pyridine rings is 1. The number of aryl methyl sites for hydroxylation is 1. The van der Waals surface area contributed by atoms with Gasteiger partial charge in [-0.05, 0) is 86.8 Å². The second kappa shape index (κ2) is 11.2. The number of rotatable bonds is 6. The average molecular weight is 549 g/mol. The summed E-state index contributed by atoms with van der Waals surface area (Å²) in [6, 6.07) is 23.5. The highest BCUT2D eigenvalue weighted by molar-refractivity contribution is 6.17. The minimum Gasteiger partial charge on any atom is -0.495 e. The van der Waals surface area contributed by atoms with E-state index in [0.717, 1.165) is 88.5 Å². The van der Waals surface area contributed by atoms with Gasteiger partial charge in [0.1, 0.15) is 5.75 Å². The highest BCUT2D eigenvalue weighted by Gasteiger charge is 2.33. The van der Waals surface area contributed by atoms with Crippen molar-refractivity contribution in [3.63, 3.8) is 0 Å². The summed E-state index contributed by atoms with van der Waals surface area (Å²) in [4.78, 5) is 26.0. The second-order valence-corrected chi connectivity index (χ2v) is 11.6. The Labute approximate surface area is 243 Å². The van der Waals surface area contributed by atoms with Crippen LogP contribution in [0.3, 0.4) is 0 Å². The Kier molecular flexibility index (Phi) is 7.43. The summed E-state index contributed by atoms with van der Waals surface area (Å²) in [6.07, 6.45) is 1.98. The molecule has 2 aliphatic heterocycles. The Bertz CT molecular complexity index is 1590. The van der Waals surface area contributed by atoms with E-state index in [9.17, 15) is 4.79 Å². The lowest BCUT2D eigenvalue weighted by Gasteiger charge is -2.45. The van der Waals surface area contributed by atoms with Crippen molar-refractivity contribution in [3.05, 3.63) is 83.6 Å². The van der Waals surface area contributed by atoms with Crippen LogP contribution in [0.5, 0.6) is 5.75 Å². The zero-order valence-corrected chi connectivity index (χ0v) is 24.9. The van der Waals surface area contributed by atoms with Gasteiger partial charge in [-0.2, -0.15) is 0 Å². The molecule has 4 aromatic rings. The number of aromatic nitrogens is 1. The van der Waals surface area contributed by atoms with Gasteiger partial charge in [0.2, 0.25) is 0 Å². The first kappa shape index (κ1) is 27.3. The molecule has 2 aliphatic rings. The molecule has 1 fully saturated rings. The summed E-state index contributed by atoms with van der Waals surface area (Å²) in [6.45, 7) is 12.5. The smallest absolute Gasteiger partial charge is 0.258 e. The Balaban J connectivity index is 1.36. The summed E-state index contributed by atoms with van der Waals surface area (Å²) < 4.78 is 5.91. The van der Waals surface area contributed by atoms with Crippen LogP contribution < -0.4 is 14.5 Å². The molecule has 0 aliphatic carbocycles. The number of ether oxygens (including phenoxy) is 1. The maximum Gasteiger partial charge on any atom is 0.258 e. The molecule has 212 valence electrons. The number of carbonyl (C=O) groups excluding carboxylic acids is 1. The predicted molar refractivity (Wildman–Crippen MR) is 168 cm³/mol. The average Bonchev–Trinajstić information content (AvgIpc) is 3.40. The minimum atomic E-state index is 0.0364. The molecular weight excluding hydrogens is 508 g/mol. The monoisotopic (exact) mass is 548 g/mol. The summed E-state index contributed by atoms with van der Waals surface area (Å²) in [5, 5.41) is 1.99. The number of anilines is 2. The topological polar surface area (TPSA) is 48.9 Å². The molecule has 6 rings (SSSR count). The number of amides is 1. The van der Waals surface area contributed by atoms with Gasteiger partial charge >= 0.3 is 0 Å². The van der Waals surface area contributed by atoms with Gasteiger partial charge in [-0.25, -0.2) is 0 Å². The van der Waals surface area contributed by atoms with Crippen molar-refractivity contribution in [3.8, 4) is 17.0 Å². The summed E-state index contributed by atoms with van der Waals surface area (Å²) >= 11 is 0. The highest BCUT2D eigenvalue weighted by atomic mass is 16.5. The van der Waals surface area contributed by atoms with Gasteiger partial charge in [0, 0.05) is 54.2 Å². The fourth-order valence-electron chi connectivity index (χ4n) is 6.82. The number of hydrogen-bond acceptors (Lipinski definition) is 5. The number of benzene rings is 3. The number of hydrogen-bond donors (Lipinski definition) is 0. The molecule has 0 spiro atoms. The molecule has 1 saturated heterocycles. The first-order chi connectivity index (χ1) is 19.9. The van der Waals surface area contributed by atoms with Crippen molar-refractivity contribution < 1.29 is 9.53 Å². The van der Waals surface area contributed by atoms with Crippen molar-refractivity contribution in [1.82, 2.24) is 9.88 Å². The zero-order chi connectivity index (χ0) is 28.7. The van der Waals surface area contributed by atoms with Crippen LogP contribution in [0, 0.1) is 6.92 Å². The van der Waals surface area contributed by atoms with Crippen LogP contribution in [-0.4, -0.2) is 61.2 Å².